The molecule has 4 aromatic rings. The number of aliphatic imine (C=N–C) groups is 1. The summed E-state index contributed by atoms with van der Waals surface area (Å²) in [6, 6.07) is 33.0. The van der Waals surface area contributed by atoms with Crippen LogP contribution in [0, 0.1) is 0 Å². The molecule has 0 unspecified atom stereocenters. The minimum atomic E-state index is -0.183. The second-order valence-electron chi connectivity index (χ2n) is 8.63. The summed E-state index contributed by atoms with van der Waals surface area (Å²) < 4.78 is 18.0. The zero-order valence-electron chi connectivity index (χ0n) is 21.5. The molecular formula is C32H28N2O4S. The maximum Gasteiger partial charge on any atom is 0.264 e. The van der Waals surface area contributed by atoms with Crippen molar-refractivity contribution in [1.82, 2.24) is 5.32 Å². The Morgan fingerprint density at radius 2 is 1.44 bits per heavy atom. The summed E-state index contributed by atoms with van der Waals surface area (Å²) in [5.74, 6) is 1.85. The third-order valence-electron chi connectivity index (χ3n) is 5.78. The van der Waals surface area contributed by atoms with Crippen LogP contribution in [-0.4, -0.2) is 17.7 Å². The Balaban J connectivity index is 1.27. The van der Waals surface area contributed by atoms with Crippen LogP contribution >= 0.6 is 11.8 Å². The Morgan fingerprint density at radius 3 is 2.23 bits per heavy atom. The van der Waals surface area contributed by atoms with Crippen molar-refractivity contribution in [3.63, 3.8) is 0 Å². The molecule has 39 heavy (non-hydrogen) atoms. The fraction of sp³-hybridized carbons (Fsp3) is 0.125. The number of hydrogen-bond donors (Lipinski definition) is 1. The fourth-order valence-electron chi connectivity index (χ4n) is 3.90. The largest absolute Gasteiger partial charge is 0.490 e. The first-order valence-electron chi connectivity index (χ1n) is 12.7. The zero-order chi connectivity index (χ0) is 26.9. The molecule has 1 N–H and O–H groups in total. The van der Waals surface area contributed by atoms with E-state index in [2.05, 4.69) is 10.3 Å². The van der Waals surface area contributed by atoms with Crippen molar-refractivity contribution in [3.05, 3.63) is 125 Å². The lowest BCUT2D eigenvalue weighted by Crippen LogP contribution is -2.19. The van der Waals surface area contributed by atoms with Gasteiger partial charge in [0.1, 0.15) is 19.0 Å². The zero-order valence-corrected chi connectivity index (χ0v) is 22.3. The van der Waals surface area contributed by atoms with Gasteiger partial charge in [0, 0.05) is 5.56 Å². The number of amides is 1. The van der Waals surface area contributed by atoms with Crippen LogP contribution in [0.15, 0.2) is 113 Å². The number of ether oxygens (including phenoxy) is 3. The van der Waals surface area contributed by atoms with Gasteiger partial charge in [-0.3, -0.25) is 4.79 Å². The quantitative estimate of drug-likeness (QED) is 0.218. The molecule has 7 heteroatoms. The minimum absolute atomic E-state index is 0.183. The average Bonchev–Trinajstić information content (AvgIpc) is 3.31. The summed E-state index contributed by atoms with van der Waals surface area (Å²) >= 11 is 1.31. The maximum atomic E-state index is 12.6. The SMILES string of the molecule is CCOc1cc(COc2ccccc2/C=C2/SC(=Nc3ccccc3)NC2=O)ccc1OCc1ccccc1. The number of rotatable bonds is 10. The molecule has 5 rings (SSSR count). The normalized spacial score (nSPS) is 14.8. The van der Waals surface area contributed by atoms with E-state index >= 15 is 0 Å². The molecular weight excluding hydrogens is 508 g/mol. The molecule has 0 radical (unpaired) electrons. The highest BCUT2D eigenvalue weighted by molar-refractivity contribution is 8.18. The van der Waals surface area contributed by atoms with E-state index < -0.39 is 0 Å². The van der Waals surface area contributed by atoms with Gasteiger partial charge < -0.3 is 19.5 Å². The van der Waals surface area contributed by atoms with Crippen molar-refractivity contribution in [3.8, 4) is 17.2 Å². The van der Waals surface area contributed by atoms with Gasteiger partial charge in [-0.05, 0) is 66.2 Å². The smallest absolute Gasteiger partial charge is 0.264 e. The standard InChI is InChI=1S/C32H28N2O4S/c1-2-36-29-19-24(17-18-28(29)38-21-23-11-5-3-6-12-23)22-37-27-16-10-9-13-25(27)20-30-31(35)34-32(39-30)33-26-14-7-4-8-15-26/h3-20H,2,21-22H2,1H3,(H,33,34,35)/b30-20+. The third kappa shape index (κ3) is 7.09. The van der Waals surface area contributed by atoms with E-state index in [-0.39, 0.29) is 5.91 Å². The van der Waals surface area contributed by atoms with E-state index in [1.165, 1.54) is 11.8 Å². The van der Waals surface area contributed by atoms with Crippen LogP contribution in [0.3, 0.4) is 0 Å². The van der Waals surface area contributed by atoms with E-state index in [0.717, 1.165) is 22.4 Å². The molecule has 1 heterocycles. The van der Waals surface area contributed by atoms with Crippen molar-refractivity contribution in [2.75, 3.05) is 6.61 Å². The first-order valence-corrected chi connectivity index (χ1v) is 13.5. The number of carbonyl (C=O) groups is 1. The molecule has 0 spiro atoms. The molecule has 196 valence electrons. The van der Waals surface area contributed by atoms with Crippen LogP contribution in [-0.2, 0) is 18.0 Å². The predicted octanol–water partition coefficient (Wildman–Crippen LogP) is 7.13. The molecule has 0 aliphatic carbocycles. The molecule has 4 aromatic carbocycles. The molecule has 1 aliphatic heterocycles. The lowest BCUT2D eigenvalue weighted by molar-refractivity contribution is -0.115. The molecule has 1 amide bonds. The van der Waals surface area contributed by atoms with E-state index in [0.29, 0.717) is 47.1 Å². The number of carbonyl (C=O) groups excluding carboxylic acids is 1. The van der Waals surface area contributed by atoms with Gasteiger partial charge >= 0.3 is 0 Å². The van der Waals surface area contributed by atoms with Crippen LogP contribution in [0.1, 0.15) is 23.6 Å². The Morgan fingerprint density at radius 1 is 0.744 bits per heavy atom. The average molecular weight is 537 g/mol. The first kappa shape index (κ1) is 26.1. The van der Waals surface area contributed by atoms with Gasteiger partial charge in [0.25, 0.3) is 5.91 Å². The summed E-state index contributed by atoms with van der Waals surface area (Å²) in [6.45, 7) is 3.26. The third-order valence-corrected chi connectivity index (χ3v) is 6.69. The first-order chi connectivity index (χ1) is 19.2. The summed E-state index contributed by atoms with van der Waals surface area (Å²) in [4.78, 5) is 17.7. The molecule has 1 aliphatic rings. The van der Waals surface area contributed by atoms with Crippen molar-refractivity contribution in [1.29, 1.82) is 0 Å². The molecule has 0 atom stereocenters. The fourth-order valence-corrected chi connectivity index (χ4v) is 4.73. The number of nitrogens with zero attached hydrogens (tertiary/aromatic N) is 1. The molecule has 0 bridgehead atoms. The van der Waals surface area contributed by atoms with Crippen LogP contribution in [0.5, 0.6) is 17.2 Å². The molecule has 6 nitrogen and oxygen atoms in total. The van der Waals surface area contributed by atoms with Crippen LogP contribution in [0.2, 0.25) is 0 Å². The number of thioether (sulfide) groups is 1. The minimum Gasteiger partial charge on any atom is -0.490 e. The van der Waals surface area contributed by atoms with Crippen molar-refractivity contribution < 1.29 is 19.0 Å². The van der Waals surface area contributed by atoms with Crippen LogP contribution in [0.25, 0.3) is 6.08 Å². The number of benzene rings is 4. The summed E-state index contributed by atoms with van der Waals surface area (Å²) in [5, 5.41) is 3.38. The molecule has 0 saturated carbocycles. The van der Waals surface area contributed by atoms with E-state index in [9.17, 15) is 4.79 Å². The Kier molecular flexibility index (Phi) is 8.61. The Bertz CT molecular complexity index is 1490. The summed E-state index contributed by atoms with van der Waals surface area (Å²) in [7, 11) is 0. The Hall–Kier alpha value is -4.49. The maximum absolute atomic E-state index is 12.6. The second kappa shape index (κ2) is 12.8. The van der Waals surface area contributed by atoms with Crippen molar-refractivity contribution in [2.24, 2.45) is 4.99 Å². The highest BCUT2D eigenvalue weighted by atomic mass is 32.2. The Labute approximate surface area is 232 Å². The van der Waals surface area contributed by atoms with Crippen molar-refractivity contribution in [2.45, 2.75) is 20.1 Å². The van der Waals surface area contributed by atoms with Gasteiger partial charge in [-0.1, -0.05) is 72.8 Å². The highest BCUT2D eigenvalue weighted by Gasteiger charge is 2.24. The second-order valence-corrected chi connectivity index (χ2v) is 9.66. The summed E-state index contributed by atoms with van der Waals surface area (Å²) in [6.07, 6.45) is 1.83. The van der Waals surface area contributed by atoms with Crippen molar-refractivity contribution >= 4 is 34.6 Å². The summed E-state index contributed by atoms with van der Waals surface area (Å²) in [5.41, 5.74) is 3.63. The van der Waals surface area contributed by atoms with Gasteiger partial charge in [-0.25, -0.2) is 4.99 Å². The lowest BCUT2D eigenvalue weighted by atomic mass is 10.1. The van der Waals surface area contributed by atoms with E-state index in [1.807, 2.05) is 116 Å². The van der Waals surface area contributed by atoms with Gasteiger partial charge in [0.15, 0.2) is 16.7 Å². The molecule has 1 fully saturated rings. The van der Waals surface area contributed by atoms with Gasteiger partial charge in [0.05, 0.1) is 17.2 Å². The van der Waals surface area contributed by atoms with Crippen LogP contribution in [0.4, 0.5) is 5.69 Å². The number of nitrogens with one attached hydrogen (secondary N) is 1. The number of para-hydroxylation sites is 2. The highest BCUT2D eigenvalue weighted by Crippen LogP contribution is 2.32. The molecule has 0 aromatic heterocycles. The van der Waals surface area contributed by atoms with E-state index in [4.69, 9.17) is 14.2 Å². The lowest BCUT2D eigenvalue weighted by Gasteiger charge is -2.14. The predicted molar refractivity (Wildman–Crippen MR) is 156 cm³/mol. The van der Waals surface area contributed by atoms with E-state index in [1.54, 1.807) is 0 Å². The van der Waals surface area contributed by atoms with Gasteiger partial charge in [-0.15, -0.1) is 0 Å². The topological polar surface area (TPSA) is 69.2 Å². The monoisotopic (exact) mass is 536 g/mol. The number of amidine groups is 1. The number of hydrogen-bond acceptors (Lipinski definition) is 6. The molecule has 1 saturated heterocycles. The van der Waals surface area contributed by atoms with Gasteiger partial charge in [0.2, 0.25) is 0 Å². The van der Waals surface area contributed by atoms with Crippen LogP contribution < -0.4 is 19.5 Å². The van der Waals surface area contributed by atoms with Gasteiger partial charge in [-0.2, -0.15) is 0 Å².